The van der Waals surface area contributed by atoms with E-state index in [-0.39, 0.29) is 5.75 Å². The third kappa shape index (κ3) is 8.97. The summed E-state index contributed by atoms with van der Waals surface area (Å²) in [5, 5.41) is 9.88. The molecule has 1 rings (SSSR count). The summed E-state index contributed by atoms with van der Waals surface area (Å²) in [6.07, 6.45) is 16.3. The molecule has 5 N–H and O–H groups in total. The molecule has 0 aliphatic rings. The van der Waals surface area contributed by atoms with Crippen molar-refractivity contribution in [2.24, 2.45) is 11.5 Å². The van der Waals surface area contributed by atoms with E-state index in [1.165, 1.54) is 69.8 Å². The van der Waals surface area contributed by atoms with E-state index in [0.717, 1.165) is 12.0 Å². The second-order valence-corrected chi connectivity index (χ2v) is 6.75. The van der Waals surface area contributed by atoms with Crippen LogP contribution < -0.4 is 11.5 Å². The lowest BCUT2D eigenvalue weighted by molar-refractivity contribution is 0.473. The van der Waals surface area contributed by atoms with Crippen LogP contribution in [0.15, 0.2) is 23.9 Å². The first-order valence-corrected chi connectivity index (χ1v) is 9.65. The zero-order chi connectivity index (χ0) is 17.6. The van der Waals surface area contributed by atoms with Crippen LogP contribution in [0.3, 0.4) is 0 Å². The number of benzene rings is 1. The van der Waals surface area contributed by atoms with Crippen molar-refractivity contribution in [2.75, 3.05) is 6.54 Å². The molecule has 0 amide bonds. The molecule has 3 heteroatoms. The van der Waals surface area contributed by atoms with Crippen molar-refractivity contribution in [3.63, 3.8) is 0 Å². The number of nitrogens with two attached hydrogens (primary N) is 2. The van der Waals surface area contributed by atoms with E-state index in [1.54, 1.807) is 12.1 Å². The van der Waals surface area contributed by atoms with Crippen LogP contribution in [-0.4, -0.2) is 11.7 Å². The minimum Gasteiger partial charge on any atom is -0.507 e. The van der Waals surface area contributed by atoms with Crippen LogP contribution in [0.1, 0.15) is 82.3 Å². The van der Waals surface area contributed by atoms with Gasteiger partial charge in [-0.1, -0.05) is 70.8 Å². The maximum Gasteiger partial charge on any atom is 0.122 e. The largest absolute Gasteiger partial charge is 0.507 e. The minimum atomic E-state index is 0.262. The first-order valence-electron chi connectivity index (χ1n) is 9.65. The van der Waals surface area contributed by atoms with Gasteiger partial charge < -0.3 is 16.6 Å². The third-order valence-corrected chi connectivity index (χ3v) is 4.49. The number of phenols is 1. The van der Waals surface area contributed by atoms with Gasteiger partial charge in [-0.3, -0.25) is 0 Å². The third-order valence-electron chi connectivity index (χ3n) is 4.49. The Balaban J connectivity index is 2.20. The zero-order valence-electron chi connectivity index (χ0n) is 15.4. The van der Waals surface area contributed by atoms with Gasteiger partial charge in [0.2, 0.25) is 0 Å². The number of unbranched alkanes of at least 4 members (excludes halogenated alkanes) is 9. The summed E-state index contributed by atoms with van der Waals surface area (Å²) < 4.78 is 0. The molecular weight excluding hydrogens is 296 g/mol. The molecule has 0 atom stereocenters. The van der Waals surface area contributed by atoms with Crippen molar-refractivity contribution < 1.29 is 5.11 Å². The van der Waals surface area contributed by atoms with Crippen molar-refractivity contribution in [2.45, 2.75) is 77.6 Å². The van der Waals surface area contributed by atoms with Crippen LogP contribution >= 0.6 is 0 Å². The van der Waals surface area contributed by atoms with Crippen LogP contribution in [0.25, 0.3) is 6.08 Å². The van der Waals surface area contributed by atoms with Gasteiger partial charge in [-0.2, -0.15) is 0 Å². The molecule has 24 heavy (non-hydrogen) atoms. The Bertz CT molecular complexity index is 483. The topological polar surface area (TPSA) is 72.3 Å². The highest BCUT2D eigenvalue weighted by Gasteiger charge is 2.02. The average molecular weight is 333 g/mol. The second-order valence-electron chi connectivity index (χ2n) is 6.75. The summed E-state index contributed by atoms with van der Waals surface area (Å²) in [4.78, 5) is 0. The smallest absolute Gasteiger partial charge is 0.122 e. The Labute approximate surface area is 148 Å². The predicted octanol–water partition coefficient (Wildman–Crippen LogP) is 5.11. The molecule has 0 saturated heterocycles. The minimum absolute atomic E-state index is 0.262. The highest BCUT2D eigenvalue weighted by molar-refractivity contribution is 5.60. The molecule has 0 bridgehead atoms. The lowest BCUT2D eigenvalue weighted by Crippen LogP contribution is -2.10. The van der Waals surface area contributed by atoms with Gasteiger partial charge in [0, 0.05) is 17.8 Å². The lowest BCUT2D eigenvalue weighted by atomic mass is 10.0. The van der Waals surface area contributed by atoms with E-state index < -0.39 is 0 Å². The van der Waals surface area contributed by atoms with E-state index in [9.17, 15) is 5.11 Å². The Hall–Kier alpha value is -1.48. The van der Waals surface area contributed by atoms with Gasteiger partial charge in [-0.05, 0) is 36.6 Å². The van der Waals surface area contributed by atoms with E-state index in [2.05, 4.69) is 6.92 Å². The van der Waals surface area contributed by atoms with Crippen LogP contribution in [0.5, 0.6) is 5.75 Å². The molecule has 0 aliphatic heterocycles. The van der Waals surface area contributed by atoms with Gasteiger partial charge in [0.15, 0.2) is 0 Å². The summed E-state index contributed by atoms with van der Waals surface area (Å²) in [6, 6.07) is 5.77. The Morgan fingerprint density at radius 3 is 2.12 bits per heavy atom. The first-order chi connectivity index (χ1) is 11.7. The number of aromatic hydroxyl groups is 1. The van der Waals surface area contributed by atoms with Gasteiger partial charge in [0.1, 0.15) is 5.75 Å². The summed E-state index contributed by atoms with van der Waals surface area (Å²) in [5.74, 6) is 0.262. The summed E-state index contributed by atoms with van der Waals surface area (Å²) in [5.41, 5.74) is 13.9. The van der Waals surface area contributed by atoms with Crippen LogP contribution in [0.4, 0.5) is 0 Å². The Morgan fingerprint density at radius 1 is 0.958 bits per heavy atom. The maximum atomic E-state index is 9.88. The van der Waals surface area contributed by atoms with Gasteiger partial charge in [-0.25, -0.2) is 0 Å². The van der Waals surface area contributed by atoms with Gasteiger partial charge >= 0.3 is 0 Å². The quantitative estimate of drug-likeness (QED) is 0.439. The molecule has 0 spiro atoms. The molecule has 0 aliphatic carbocycles. The molecular formula is C21H36N2O. The number of hydrogen-bond acceptors (Lipinski definition) is 3. The van der Waals surface area contributed by atoms with E-state index >= 15 is 0 Å². The Kier molecular flexibility index (Phi) is 11.0. The number of rotatable bonds is 13. The van der Waals surface area contributed by atoms with Crippen molar-refractivity contribution in [1.82, 2.24) is 0 Å². The number of hydrogen-bond donors (Lipinski definition) is 3. The Morgan fingerprint density at radius 2 is 1.54 bits per heavy atom. The number of aryl methyl sites for hydroxylation is 1. The first kappa shape index (κ1) is 20.6. The van der Waals surface area contributed by atoms with E-state index in [4.69, 9.17) is 11.5 Å². The summed E-state index contributed by atoms with van der Waals surface area (Å²) >= 11 is 0. The summed E-state index contributed by atoms with van der Waals surface area (Å²) in [6.45, 7) is 2.57. The van der Waals surface area contributed by atoms with Crippen LogP contribution in [0.2, 0.25) is 0 Å². The highest BCUT2D eigenvalue weighted by Crippen LogP contribution is 2.22. The van der Waals surface area contributed by atoms with Crippen molar-refractivity contribution in [3.8, 4) is 5.75 Å². The monoisotopic (exact) mass is 332 g/mol. The number of phenolic OH excluding ortho intramolecular Hbond substituents is 1. The highest BCUT2D eigenvalue weighted by atomic mass is 16.3. The fourth-order valence-electron chi connectivity index (χ4n) is 2.95. The molecule has 0 heterocycles. The fourth-order valence-corrected chi connectivity index (χ4v) is 2.95. The van der Waals surface area contributed by atoms with Gasteiger partial charge in [-0.15, -0.1) is 0 Å². The van der Waals surface area contributed by atoms with Crippen LogP contribution in [0, 0.1) is 0 Å². The second kappa shape index (κ2) is 12.9. The fraction of sp³-hybridized carbons (Fsp3) is 0.619. The standard InChI is InChI=1S/C21H36N2O/c1-2-3-4-5-6-7-8-9-10-11-12-18-13-14-21(24)19(15-18)16-20(23)17-22/h13-16,24H,2-12,17,22-23H2,1H3. The molecule has 3 nitrogen and oxygen atoms in total. The average Bonchev–Trinajstić information content (AvgIpc) is 2.59. The van der Waals surface area contributed by atoms with E-state index in [1.807, 2.05) is 12.1 Å². The molecule has 0 unspecified atom stereocenters. The molecule has 0 aromatic heterocycles. The van der Waals surface area contributed by atoms with Crippen molar-refractivity contribution in [3.05, 3.63) is 35.0 Å². The maximum absolute atomic E-state index is 9.88. The normalized spacial score (nSPS) is 11.8. The molecule has 0 radical (unpaired) electrons. The predicted molar refractivity (Wildman–Crippen MR) is 105 cm³/mol. The molecule has 1 aromatic rings. The zero-order valence-corrected chi connectivity index (χ0v) is 15.4. The van der Waals surface area contributed by atoms with Crippen molar-refractivity contribution >= 4 is 6.08 Å². The lowest BCUT2D eigenvalue weighted by Gasteiger charge is -2.06. The molecule has 0 fully saturated rings. The molecule has 136 valence electrons. The van der Waals surface area contributed by atoms with Crippen molar-refractivity contribution in [1.29, 1.82) is 0 Å². The van der Waals surface area contributed by atoms with Crippen LogP contribution in [-0.2, 0) is 6.42 Å². The molecule has 0 saturated carbocycles. The van der Waals surface area contributed by atoms with E-state index in [0.29, 0.717) is 12.2 Å². The van der Waals surface area contributed by atoms with Gasteiger partial charge in [0.25, 0.3) is 0 Å². The SMILES string of the molecule is CCCCCCCCCCCCc1ccc(O)c(C=C(N)CN)c1. The molecule has 1 aromatic carbocycles. The van der Waals surface area contributed by atoms with Gasteiger partial charge in [0.05, 0.1) is 0 Å². The summed E-state index contributed by atoms with van der Waals surface area (Å²) in [7, 11) is 0.